The van der Waals surface area contributed by atoms with Gasteiger partial charge in [0.25, 0.3) is 5.91 Å². The maximum Gasteiger partial charge on any atom is 0.251 e. The Bertz CT molecular complexity index is 597. The molecule has 1 aromatic carbocycles. The minimum Gasteiger partial charge on any atom is -0.388 e. The second-order valence-corrected chi connectivity index (χ2v) is 5.39. The van der Waals surface area contributed by atoms with Crippen LogP contribution in [0.5, 0.6) is 0 Å². The molecule has 1 fully saturated rings. The molecule has 1 amide bonds. The van der Waals surface area contributed by atoms with Gasteiger partial charge < -0.3 is 15.4 Å². The molecule has 0 unspecified atom stereocenters. The maximum atomic E-state index is 12.1. The minimum atomic E-state index is -0.702. The third kappa shape index (κ3) is 2.49. The molecule has 0 saturated heterocycles. The predicted octanol–water partition coefficient (Wildman–Crippen LogP) is 2.20. The van der Waals surface area contributed by atoms with Crippen LogP contribution >= 0.6 is 0 Å². The maximum absolute atomic E-state index is 12.1. The Morgan fingerprint density at radius 1 is 1.32 bits per heavy atom. The average molecular weight is 258 g/mol. The number of fused-ring (bicyclic) bond motifs is 1. The number of benzene rings is 1. The second kappa shape index (κ2) is 4.70. The normalized spacial score (nSPS) is 17.7. The molecule has 1 heterocycles. The van der Waals surface area contributed by atoms with Crippen molar-refractivity contribution in [3.63, 3.8) is 0 Å². The lowest BCUT2D eigenvalue weighted by Gasteiger charge is -2.22. The highest BCUT2D eigenvalue weighted by molar-refractivity contribution is 5.97. The molecule has 4 nitrogen and oxygen atoms in total. The standard InChI is InChI=1S/C15H18N2O2/c18-14(17-10-15(19)6-1-2-7-15)12-4-3-11-5-8-16-13(11)9-12/h3-5,8-9,16,19H,1-2,6-7,10H2,(H,17,18). The summed E-state index contributed by atoms with van der Waals surface area (Å²) in [5.41, 5.74) is 0.871. The fraction of sp³-hybridized carbons (Fsp3) is 0.400. The lowest BCUT2D eigenvalue weighted by Crippen LogP contribution is -2.40. The number of hydrogen-bond donors (Lipinski definition) is 3. The number of rotatable bonds is 3. The fourth-order valence-corrected chi connectivity index (χ4v) is 2.75. The zero-order valence-electron chi connectivity index (χ0n) is 10.8. The number of carbonyl (C=O) groups excluding carboxylic acids is 1. The number of carbonyl (C=O) groups is 1. The second-order valence-electron chi connectivity index (χ2n) is 5.39. The number of aromatic nitrogens is 1. The number of aliphatic hydroxyl groups is 1. The van der Waals surface area contributed by atoms with Crippen LogP contribution in [0, 0.1) is 0 Å². The number of hydrogen-bond acceptors (Lipinski definition) is 2. The summed E-state index contributed by atoms with van der Waals surface area (Å²) in [5.74, 6) is -0.128. The zero-order chi connectivity index (χ0) is 13.3. The molecule has 100 valence electrons. The molecule has 1 aliphatic carbocycles. The molecular weight excluding hydrogens is 240 g/mol. The first-order valence-corrected chi connectivity index (χ1v) is 6.74. The molecule has 1 aliphatic rings. The number of H-pyrrole nitrogens is 1. The topological polar surface area (TPSA) is 65.1 Å². The van der Waals surface area contributed by atoms with Crippen LogP contribution < -0.4 is 5.32 Å². The molecular formula is C15H18N2O2. The van der Waals surface area contributed by atoms with Crippen LogP contribution in [0.1, 0.15) is 36.0 Å². The van der Waals surface area contributed by atoms with E-state index in [1.165, 1.54) is 0 Å². The summed E-state index contributed by atoms with van der Waals surface area (Å²) in [6.07, 6.45) is 5.50. The molecule has 1 aromatic heterocycles. The van der Waals surface area contributed by atoms with Gasteiger partial charge in [-0.2, -0.15) is 0 Å². The van der Waals surface area contributed by atoms with Gasteiger partial charge >= 0.3 is 0 Å². The lowest BCUT2D eigenvalue weighted by atomic mass is 10.0. The van der Waals surface area contributed by atoms with Gasteiger partial charge in [0.15, 0.2) is 0 Å². The minimum absolute atomic E-state index is 0.128. The molecule has 19 heavy (non-hydrogen) atoms. The van der Waals surface area contributed by atoms with Crippen LogP contribution in [0.15, 0.2) is 30.5 Å². The zero-order valence-corrected chi connectivity index (χ0v) is 10.8. The summed E-state index contributed by atoms with van der Waals surface area (Å²) in [7, 11) is 0. The van der Waals surface area contributed by atoms with E-state index in [1.807, 2.05) is 30.5 Å². The first-order valence-electron chi connectivity index (χ1n) is 6.74. The molecule has 0 aliphatic heterocycles. The van der Waals surface area contributed by atoms with Gasteiger partial charge in [0.1, 0.15) is 0 Å². The predicted molar refractivity (Wildman–Crippen MR) is 74.0 cm³/mol. The average Bonchev–Trinajstić information content (AvgIpc) is 3.04. The van der Waals surface area contributed by atoms with Crippen molar-refractivity contribution in [2.75, 3.05) is 6.54 Å². The van der Waals surface area contributed by atoms with E-state index in [0.29, 0.717) is 12.1 Å². The van der Waals surface area contributed by atoms with Gasteiger partial charge in [-0.1, -0.05) is 18.9 Å². The van der Waals surface area contributed by atoms with Crippen LogP contribution in [0.2, 0.25) is 0 Å². The van der Waals surface area contributed by atoms with Crippen molar-refractivity contribution < 1.29 is 9.90 Å². The Balaban J connectivity index is 1.69. The highest BCUT2D eigenvalue weighted by atomic mass is 16.3. The molecule has 1 saturated carbocycles. The summed E-state index contributed by atoms with van der Waals surface area (Å²) >= 11 is 0. The fourth-order valence-electron chi connectivity index (χ4n) is 2.75. The Morgan fingerprint density at radius 3 is 2.89 bits per heavy atom. The van der Waals surface area contributed by atoms with Gasteiger partial charge in [0.2, 0.25) is 0 Å². The highest BCUT2D eigenvalue weighted by Gasteiger charge is 2.31. The van der Waals surface area contributed by atoms with E-state index in [0.717, 1.165) is 36.6 Å². The van der Waals surface area contributed by atoms with Crippen molar-refractivity contribution >= 4 is 16.8 Å². The van der Waals surface area contributed by atoms with Gasteiger partial charge in [-0.05, 0) is 36.4 Å². The molecule has 0 bridgehead atoms. The summed E-state index contributed by atoms with van der Waals surface area (Å²) in [6.45, 7) is 0.342. The van der Waals surface area contributed by atoms with Gasteiger partial charge in [0, 0.05) is 23.8 Å². The van der Waals surface area contributed by atoms with Crippen molar-refractivity contribution in [1.82, 2.24) is 10.3 Å². The van der Waals surface area contributed by atoms with Crippen LogP contribution in [0.4, 0.5) is 0 Å². The summed E-state index contributed by atoms with van der Waals surface area (Å²) < 4.78 is 0. The van der Waals surface area contributed by atoms with Crippen molar-refractivity contribution in [3.05, 3.63) is 36.0 Å². The molecule has 0 radical (unpaired) electrons. The van der Waals surface area contributed by atoms with E-state index >= 15 is 0 Å². The number of nitrogens with one attached hydrogen (secondary N) is 2. The van der Waals surface area contributed by atoms with Crippen LogP contribution in [0.3, 0.4) is 0 Å². The molecule has 3 rings (SSSR count). The SMILES string of the molecule is O=C(NCC1(O)CCCC1)c1ccc2cc[nH]c2c1. The quantitative estimate of drug-likeness (QED) is 0.790. The van der Waals surface area contributed by atoms with Gasteiger partial charge in [-0.15, -0.1) is 0 Å². The van der Waals surface area contributed by atoms with E-state index in [4.69, 9.17) is 0 Å². The Hall–Kier alpha value is -1.81. The van der Waals surface area contributed by atoms with Crippen molar-refractivity contribution in [2.24, 2.45) is 0 Å². The van der Waals surface area contributed by atoms with E-state index in [1.54, 1.807) is 0 Å². The number of aromatic amines is 1. The van der Waals surface area contributed by atoms with Crippen LogP contribution in [0.25, 0.3) is 10.9 Å². The Kier molecular flexibility index (Phi) is 3.03. The van der Waals surface area contributed by atoms with Gasteiger partial charge in [0.05, 0.1) is 5.60 Å². The highest BCUT2D eigenvalue weighted by Crippen LogP contribution is 2.28. The summed E-state index contributed by atoms with van der Waals surface area (Å²) in [5, 5.41) is 14.1. The molecule has 2 aromatic rings. The first-order chi connectivity index (χ1) is 9.16. The van der Waals surface area contributed by atoms with Crippen molar-refractivity contribution in [2.45, 2.75) is 31.3 Å². The van der Waals surface area contributed by atoms with Gasteiger partial charge in [-0.25, -0.2) is 0 Å². The third-order valence-corrected chi connectivity index (χ3v) is 3.93. The summed E-state index contributed by atoms with van der Waals surface area (Å²) in [4.78, 5) is 15.2. The smallest absolute Gasteiger partial charge is 0.251 e. The van der Waals surface area contributed by atoms with Crippen LogP contribution in [-0.4, -0.2) is 28.1 Å². The third-order valence-electron chi connectivity index (χ3n) is 3.93. The lowest BCUT2D eigenvalue weighted by molar-refractivity contribution is 0.0450. The molecule has 4 heteroatoms. The first kappa shape index (κ1) is 12.2. The molecule has 0 atom stereocenters. The van der Waals surface area contributed by atoms with Crippen molar-refractivity contribution in [1.29, 1.82) is 0 Å². The number of amides is 1. The van der Waals surface area contributed by atoms with E-state index in [2.05, 4.69) is 10.3 Å². The summed E-state index contributed by atoms with van der Waals surface area (Å²) in [6, 6.07) is 7.54. The Morgan fingerprint density at radius 2 is 2.11 bits per heavy atom. The molecule has 0 spiro atoms. The molecule has 3 N–H and O–H groups in total. The van der Waals surface area contributed by atoms with Crippen molar-refractivity contribution in [3.8, 4) is 0 Å². The Labute approximate surface area is 111 Å². The van der Waals surface area contributed by atoms with Crippen LogP contribution in [-0.2, 0) is 0 Å². The largest absolute Gasteiger partial charge is 0.388 e. The van der Waals surface area contributed by atoms with E-state index in [9.17, 15) is 9.90 Å². The van der Waals surface area contributed by atoms with E-state index < -0.39 is 5.60 Å². The van der Waals surface area contributed by atoms with Gasteiger partial charge in [-0.3, -0.25) is 4.79 Å². The monoisotopic (exact) mass is 258 g/mol. The van der Waals surface area contributed by atoms with E-state index in [-0.39, 0.29) is 5.91 Å².